The fraction of sp³-hybridized carbons (Fsp3) is 0.562. The molecular weight excluding hydrogens is 321 g/mol. The zero-order valence-electron chi connectivity index (χ0n) is 13.0. The first-order valence-corrected chi connectivity index (χ1v) is 8.25. The third kappa shape index (κ3) is 4.51. The van der Waals surface area contributed by atoms with Crippen molar-refractivity contribution in [2.75, 3.05) is 19.7 Å². The molecule has 1 aliphatic heterocycles. The van der Waals surface area contributed by atoms with Gasteiger partial charge in [0.15, 0.2) is 5.96 Å². The molecule has 0 bridgehead atoms. The molecule has 1 aromatic rings. The number of ether oxygens (including phenoxy) is 1. The fourth-order valence-electron chi connectivity index (χ4n) is 2.59. The van der Waals surface area contributed by atoms with Crippen LogP contribution >= 0.6 is 23.2 Å². The topological polar surface area (TPSA) is 59.6 Å². The fourth-order valence-corrected chi connectivity index (χ4v) is 3.49. The van der Waals surface area contributed by atoms with Gasteiger partial charge in [-0.15, -0.1) is 0 Å². The Bertz CT molecular complexity index is 520. The molecule has 122 valence electrons. The summed E-state index contributed by atoms with van der Waals surface area (Å²) in [5, 5.41) is 4.42. The normalized spacial score (nSPS) is 19.5. The summed E-state index contributed by atoms with van der Waals surface area (Å²) in [6.45, 7) is 6.14. The molecular formula is C16H23Cl2N3O. The molecule has 22 heavy (non-hydrogen) atoms. The van der Waals surface area contributed by atoms with Crippen molar-refractivity contribution in [3.63, 3.8) is 0 Å². The lowest BCUT2D eigenvalue weighted by Crippen LogP contribution is -2.38. The van der Waals surface area contributed by atoms with E-state index >= 15 is 0 Å². The van der Waals surface area contributed by atoms with Gasteiger partial charge in [0.1, 0.15) is 0 Å². The quantitative estimate of drug-likeness (QED) is 0.636. The van der Waals surface area contributed by atoms with Crippen LogP contribution in [0, 0.1) is 0 Å². The standard InChI is InChI=1S/C16H23Cl2N3O/c1-16(2,14-12(17)6-3-7-13(14)18)10-21-15(19)20-9-11-5-4-8-22-11/h3,6-7,11H,4-5,8-10H2,1-2H3,(H3,19,20,21). The van der Waals surface area contributed by atoms with E-state index in [4.69, 9.17) is 33.7 Å². The van der Waals surface area contributed by atoms with Crippen LogP contribution in [0.5, 0.6) is 0 Å². The Kier molecular flexibility index (Phi) is 5.95. The van der Waals surface area contributed by atoms with Gasteiger partial charge in [-0.05, 0) is 30.5 Å². The van der Waals surface area contributed by atoms with Crippen LogP contribution in [0.25, 0.3) is 0 Å². The summed E-state index contributed by atoms with van der Waals surface area (Å²) in [7, 11) is 0. The molecule has 3 N–H and O–H groups in total. The van der Waals surface area contributed by atoms with Gasteiger partial charge in [0.2, 0.25) is 0 Å². The maximum Gasteiger partial charge on any atom is 0.188 e. The van der Waals surface area contributed by atoms with Crippen molar-refractivity contribution in [1.29, 1.82) is 0 Å². The summed E-state index contributed by atoms with van der Waals surface area (Å²) in [6.07, 6.45) is 2.42. The van der Waals surface area contributed by atoms with Crippen molar-refractivity contribution < 1.29 is 4.74 Å². The van der Waals surface area contributed by atoms with Crippen LogP contribution in [0.3, 0.4) is 0 Å². The zero-order valence-corrected chi connectivity index (χ0v) is 14.5. The largest absolute Gasteiger partial charge is 0.376 e. The molecule has 1 heterocycles. The van der Waals surface area contributed by atoms with Crippen molar-refractivity contribution in [1.82, 2.24) is 5.32 Å². The van der Waals surface area contributed by atoms with Gasteiger partial charge in [0.05, 0.1) is 12.6 Å². The average molecular weight is 344 g/mol. The van der Waals surface area contributed by atoms with Gasteiger partial charge < -0.3 is 15.8 Å². The summed E-state index contributed by atoms with van der Waals surface area (Å²) in [5.41, 5.74) is 6.53. The third-order valence-corrected chi connectivity index (χ3v) is 4.45. The van der Waals surface area contributed by atoms with Crippen molar-refractivity contribution in [3.8, 4) is 0 Å². The van der Waals surface area contributed by atoms with E-state index in [1.165, 1.54) is 0 Å². The van der Waals surface area contributed by atoms with Crippen LogP contribution in [0.1, 0.15) is 32.3 Å². The maximum absolute atomic E-state index is 6.28. The van der Waals surface area contributed by atoms with E-state index in [-0.39, 0.29) is 11.5 Å². The summed E-state index contributed by atoms with van der Waals surface area (Å²) in [5.74, 6) is 0.423. The molecule has 0 aromatic heterocycles. The number of aliphatic imine (C=N–C) groups is 1. The summed E-state index contributed by atoms with van der Waals surface area (Å²) >= 11 is 12.6. The molecule has 2 rings (SSSR count). The van der Waals surface area contributed by atoms with Crippen LogP contribution in [0.4, 0.5) is 0 Å². The molecule has 0 spiro atoms. The second-order valence-electron chi connectivity index (χ2n) is 6.20. The number of nitrogens with zero attached hydrogens (tertiary/aromatic N) is 1. The van der Waals surface area contributed by atoms with E-state index in [1.807, 2.05) is 18.2 Å². The number of halogens is 2. The summed E-state index contributed by atoms with van der Waals surface area (Å²) < 4.78 is 5.54. The Labute approximate surface area is 142 Å². The first-order valence-electron chi connectivity index (χ1n) is 7.50. The second-order valence-corrected chi connectivity index (χ2v) is 7.01. The lowest BCUT2D eigenvalue weighted by Gasteiger charge is -2.25. The van der Waals surface area contributed by atoms with Crippen LogP contribution in [0.2, 0.25) is 10.0 Å². The number of benzene rings is 1. The monoisotopic (exact) mass is 343 g/mol. The zero-order chi connectivity index (χ0) is 16.2. The molecule has 0 saturated carbocycles. The molecule has 1 unspecified atom stereocenters. The highest BCUT2D eigenvalue weighted by Gasteiger charge is 2.26. The summed E-state index contributed by atoms with van der Waals surface area (Å²) in [4.78, 5) is 4.43. The Balaban J connectivity index is 1.97. The van der Waals surface area contributed by atoms with Gasteiger partial charge in [-0.3, -0.25) is 4.99 Å². The lowest BCUT2D eigenvalue weighted by molar-refractivity contribution is 0.114. The van der Waals surface area contributed by atoms with E-state index in [0.717, 1.165) is 25.0 Å². The maximum atomic E-state index is 6.28. The Hall–Kier alpha value is -0.970. The molecule has 0 radical (unpaired) electrons. The van der Waals surface area contributed by atoms with E-state index in [9.17, 15) is 0 Å². The predicted molar refractivity (Wildman–Crippen MR) is 93.0 cm³/mol. The molecule has 6 heteroatoms. The highest BCUT2D eigenvalue weighted by atomic mass is 35.5. The Morgan fingerprint density at radius 3 is 2.68 bits per heavy atom. The van der Waals surface area contributed by atoms with Gasteiger partial charge in [-0.1, -0.05) is 43.1 Å². The summed E-state index contributed by atoms with van der Waals surface area (Å²) in [6, 6.07) is 5.52. The van der Waals surface area contributed by atoms with Gasteiger partial charge >= 0.3 is 0 Å². The Morgan fingerprint density at radius 2 is 2.09 bits per heavy atom. The van der Waals surface area contributed by atoms with Crippen LogP contribution in [-0.2, 0) is 10.2 Å². The lowest BCUT2D eigenvalue weighted by atomic mass is 9.84. The number of nitrogens with two attached hydrogens (primary N) is 1. The van der Waals surface area contributed by atoms with Crippen molar-refractivity contribution >= 4 is 29.2 Å². The molecule has 1 aliphatic rings. The van der Waals surface area contributed by atoms with Crippen LogP contribution in [0.15, 0.2) is 23.2 Å². The first-order chi connectivity index (χ1) is 10.4. The molecule has 1 saturated heterocycles. The minimum absolute atomic E-state index is 0.236. The molecule has 4 nitrogen and oxygen atoms in total. The van der Waals surface area contributed by atoms with Gasteiger partial charge in [0, 0.05) is 28.6 Å². The second kappa shape index (κ2) is 7.53. The highest BCUT2D eigenvalue weighted by molar-refractivity contribution is 6.36. The molecule has 1 atom stereocenters. The smallest absolute Gasteiger partial charge is 0.188 e. The van der Waals surface area contributed by atoms with Gasteiger partial charge in [-0.25, -0.2) is 0 Å². The molecule has 1 aromatic carbocycles. The number of rotatable bonds is 5. The van der Waals surface area contributed by atoms with Crippen molar-refractivity contribution in [2.45, 2.75) is 38.2 Å². The minimum atomic E-state index is -0.300. The number of nitrogens with one attached hydrogen (secondary N) is 1. The number of hydrogen-bond donors (Lipinski definition) is 2. The molecule has 1 fully saturated rings. The number of guanidine groups is 1. The van der Waals surface area contributed by atoms with E-state index in [1.54, 1.807) is 0 Å². The number of hydrogen-bond acceptors (Lipinski definition) is 2. The van der Waals surface area contributed by atoms with Crippen molar-refractivity contribution in [2.24, 2.45) is 10.7 Å². The predicted octanol–water partition coefficient (Wildman–Crippen LogP) is 3.35. The average Bonchev–Trinajstić information content (AvgIpc) is 2.96. The Morgan fingerprint density at radius 1 is 1.41 bits per heavy atom. The van der Waals surface area contributed by atoms with E-state index < -0.39 is 0 Å². The third-order valence-electron chi connectivity index (χ3n) is 3.82. The van der Waals surface area contributed by atoms with E-state index in [0.29, 0.717) is 29.1 Å². The SMILES string of the molecule is CC(C)(CN=C(N)NCC1CCCO1)c1c(Cl)cccc1Cl. The minimum Gasteiger partial charge on any atom is -0.376 e. The molecule has 0 amide bonds. The van der Waals surface area contributed by atoms with Crippen LogP contribution in [-0.4, -0.2) is 31.8 Å². The van der Waals surface area contributed by atoms with Crippen LogP contribution < -0.4 is 11.1 Å². The van der Waals surface area contributed by atoms with E-state index in [2.05, 4.69) is 24.2 Å². The van der Waals surface area contributed by atoms with Crippen molar-refractivity contribution in [3.05, 3.63) is 33.8 Å². The van der Waals surface area contributed by atoms with Gasteiger partial charge in [0.25, 0.3) is 0 Å². The highest BCUT2D eigenvalue weighted by Crippen LogP contribution is 2.35. The van der Waals surface area contributed by atoms with Gasteiger partial charge in [-0.2, -0.15) is 0 Å². The first kappa shape index (κ1) is 17.4. The molecule has 0 aliphatic carbocycles.